The SMILES string of the molecule is CCOC(=O)[C@H]1[C@H]2[C@@H]1[C@](N)(C(=O)OC(C)(C)C)C[C@@H]2SC1=NCC=N1. The Hall–Kier alpha value is -1.41. The van der Waals surface area contributed by atoms with Crippen molar-refractivity contribution in [3.63, 3.8) is 0 Å². The number of carbonyl (C=O) groups is 2. The molecule has 5 atom stereocenters. The van der Waals surface area contributed by atoms with Crippen LogP contribution in [-0.2, 0) is 19.1 Å². The van der Waals surface area contributed by atoms with E-state index in [1.165, 1.54) is 11.8 Å². The summed E-state index contributed by atoms with van der Waals surface area (Å²) in [6, 6.07) is 0. The minimum atomic E-state index is -1.17. The third-order valence-electron chi connectivity index (χ3n) is 4.74. The van der Waals surface area contributed by atoms with Crippen LogP contribution in [0.1, 0.15) is 34.1 Å². The standard InChI is InChI=1S/C17H25N3O4S/c1-5-23-13(21)11-10-9(25-15-19-6-7-20-15)8-17(18,12(10)11)14(22)24-16(2,3)4/h6,9-12H,5,7-8,18H2,1-4H3/t9-,10-,11-,12-,17-/m0/s1. The average Bonchev–Trinajstić information content (AvgIpc) is 2.92. The Kier molecular flexibility index (Phi) is 4.70. The van der Waals surface area contributed by atoms with Crippen molar-refractivity contribution in [2.24, 2.45) is 33.5 Å². The molecule has 0 spiro atoms. The summed E-state index contributed by atoms with van der Waals surface area (Å²) in [5.74, 6) is -1.32. The number of nitrogens with zero attached hydrogens (tertiary/aromatic N) is 2. The normalized spacial score (nSPS) is 36.0. The van der Waals surface area contributed by atoms with Gasteiger partial charge in [-0.1, -0.05) is 11.8 Å². The number of aliphatic imine (C=N–C) groups is 2. The smallest absolute Gasteiger partial charge is 0.327 e. The number of esters is 2. The van der Waals surface area contributed by atoms with Crippen molar-refractivity contribution in [3.05, 3.63) is 0 Å². The number of fused-ring (bicyclic) bond motifs is 1. The van der Waals surface area contributed by atoms with E-state index in [-0.39, 0.29) is 29.0 Å². The maximum atomic E-state index is 12.8. The van der Waals surface area contributed by atoms with E-state index in [0.717, 1.165) is 0 Å². The van der Waals surface area contributed by atoms with E-state index in [2.05, 4.69) is 9.98 Å². The molecule has 2 N–H and O–H groups in total. The summed E-state index contributed by atoms with van der Waals surface area (Å²) in [6.07, 6.45) is 2.19. The first-order valence-electron chi connectivity index (χ1n) is 8.60. The number of nitrogens with two attached hydrogens (primary N) is 1. The summed E-state index contributed by atoms with van der Waals surface area (Å²) in [7, 11) is 0. The van der Waals surface area contributed by atoms with Gasteiger partial charge in [0.05, 0.1) is 19.1 Å². The Bertz CT molecular complexity index is 642. The molecule has 0 aromatic rings. The zero-order valence-corrected chi connectivity index (χ0v) is 15.8. The molecule has 1 heterocycles. The fourth-order valence-electron chi connectivity index (χ4n) is 3.80. The van der Waals surface area contributed by atoms with Gasteiger partial charge < -0.3 is 15.2 Å². The Balaban J connectivity index is 1.80. The molecule has 2 aliphatic carbocycles. The van der Waals surface area contributed by atoms with E-state index >= 15 is 0 Å². The lowest BCUT2D eigenvalue weighted by molar-refractivity contribution is -0.162. The Labute approximate surface area is 151 Å². The monoisotopic (exact) mass is 367 g/mol. The third kappa shape index (κ3) is 3.46. The first-order chi connectivity index (χ1) is 11.7. The molecule has 0 aromatic heterocycles. The lowest BCUT2D eigenvalue weighted by Gasteiger charge is -2.31. The summed E-state index contributed by atoms with van der Waals surface area (Å²) < 4.78 is 10.7. The number of hydrogen-bond donors (Lipinski definition) is 1. The van der Waals surface area contributed by atoms with Crippen molar-refractivity contribution >= 4 is 35.1 Å². The van der Waals surface area contributed by atoms with Gasteiger partial charge in [-0.25, -0.2) is 4.99 Å². The van der Waals surface area contributed by atoms with Crippen LogP contribution in [0.4, 0.5) is 0 Å². The van der Waals surface area contributed by atoms with Crippen LogP contribution in [0.5, 0.6) is 0 Å². The van der Waals surface area contributed by atoms with Gasteiger partial charge in [-0.3, -0.25) is 14.6 Å². The zero-order valence-electron chi connectivity index (χ0n) is 15.0. The lowest BCUT2D eigenvalue weighted by Crippen LogP contribution is -2.53. The van der Waals surface area contributed by atoms with Crippen LogP contribution >= 0.6 is 11.8 Å². The second kappa shape index (κ2) is 6.39. The highest BCUT2D eigenvalue weighted by atomic mass is 32.2. The molecule has 25 heavy (non-hydrogen) atoms. The maximum absolute atomic E-state index is 12.8. The molecular formula is C17H25N3O4S. The first-order valence-corrected chi connectivity index (χ1v) is 9.48. The highest BCUT2D eigenvalue weighted by Gasteiger charge is 2.74. The number of carbonyl (C=O) groups excluding carboxylic acids is 2. The van der Waals surface area contributed by atoms with Crippen molar-refractivity contribution in [1.29, 1.82) is 0 Å². The number of hydrogen-bond acceptors (Lipinski definition) is 8. The summed E-state index contributed by atoms with van der Waals surface area (Å²) in [5, 5.41) is 0.692. The number of amidine groups is 1. The van der Waals surface area contributed by atoms with Gasteiger partial charge in [-0.2, -0.15) is 0 Å². The van der Waals surface area contributed by atoms with Gasteiger partial charge >= 0.3 is 11.9 Å². The zero-order chi connectivity index (χ0) is 18.4. The average molecular weight is 367 g/mol. The topological polar surface area (TPSA) is 103 Å². The Morgan fingerprint density at radius 2 is 2.16 bits per heavy atom. The van der Waals surface area contributed by atoms with Crippen LogP contribution in [0.3, 0.4) is 0 Å². The molecule has 2 saturated carbocycles. The van der Waals surface area contributed by atoms with Gasteiger partial charge in [-0.15, -0.1) is 0 Å². The molecule has 0 saturated heterocycles. The largest absolute Gasteiger partial charge is 0.466 e. The number of rotatable bonds is 4. The van der Waals surface area contributed by atoms with Crippen LogP contribution in [0.25, 0.3) is 0 Å². The molecule has 3 aliphatic rings. The first kappa shape index (κ1) is 18.4. The number of thioether (sulfide) groups is 1. The fourth-order valence-corrected chi connectivity index (χ4v) is 5.21. The predicted molar refractivity (Wildman–Crippen MR) is 96.7 cm³/mol. The molecule has 0 aromatic carbocycles. The van der Waals surface area contributed by atoms with Crippen molar-refractivity contribution in [2.45, 2.75) is 50.5 Å². The van der Waals surface area contributed by atoms with Crippen molar-refractivity contribution < 1.29 is 19.1 Å². The minimum absolute atomic E-state index is 0.0000633. The van der Waals surface area contributed by atoms with Crippen LogP contribution in [0.2, 0.25) is 0 Å². The fraction of sp³-hybridized carbons (Fsp3) is 0.765. The van der Waals surface area contributed by atoms with E-state index in [9.17, 15) is 9.59 Å². The summed E-state index contributed by atoms with van der Waals surface area (Å²) in [4.78, 5) is 33.6. The van der Waals surface area contributed by atoms with Crippen LogP contribution in [-0.4, -0.2) is 52.9 Å². The second-order valence-electron chi connectivity index (χ2n) is 7.72. The quantitative estimate of drug-likeness (QED) is 0.753. The summed E-state index contributed by atoms with van der Waals surface area (Å²) >= 11 is 1.50. The van der Waals surface area contributed by atoms with Crippen molar-refractivity contribution in [1.82, 2.24) is 0 Å². The Morgan fingerprint density at radius 3 is 2.72 bits per heavy atom. The van der Waals surface area contributed by atoms with Crippen LogP contribution < -0.4 is 5.73 Å². The Morgan fingerprint density at radius 1 is 1.44 bits per heavy atom. The van der Waals surface area contributed by atoms with Gasteiger partial charge in [0.2, 0.25) is 0 Å². The predicted octanol–water partition coefficient (Wildman–Crippen LogP) is 1.40. The van der Waals surface area contributed by atoms with Crippen LogP contribution in [0.15, 0.2) is 9.98 Å². The number of ether oxygens (including phenoxy) is 2. The van der Waals surface area contributed by atoms with E-state index < -0.39 is 17.1 Å². The van der Waals surface area contributed by atoms with E-state index in [0.29, 0.717) is 24.7 Å². The molecule has 1 aliphatic heterocycles. The van der Waals surface area contributed by atoms with Gasteiger partial charge in [-0.05, 0) is 40.0 Å². The van der Waals surface area contributed by atoms with Crippen LogP contribution in [0, 0.1) is 17.8 Å². The van der Waals surface area contributed by atoms with Gasteiger partial charge in [0.15, 0.2) is 5.17 Å². The molecule has 7 nitrogen and oxygen atoms in total. The van der Waals surface area contributed by atoms with E-state index in [1.54, 1.807) is 13.1 Å². The van der Waals surface area contributed by atoms with Gasteiger partial charge in [0, 0.05) is 17.4 Å². The lowest BCUT2D eigenvalue weighted by atomic mass is 9.91. The highest BCUT2D eigenvalue weighted by Crippen LogP contribution is 2.65. The van der Waals surface area contributed by atoms with Crippen molar-refractivity contribution in [2.75, 3.05) is 13.2 Å². The van der Waals surface area contributed by atoms with Gasteiger partial charge in [0.25, 0.3) is 0 Å². The molecule has 0 radical (unpaired) electrons. The van der Waals surface area contributed by atoms with E-state index in [1.807, 2.05) is 20.8 Å². The second-order valence-corrected chi connectivity index (χ2v) is 8.92. The molecule has 3 rings (SSSR count). The molecule has 0 unspecified atom stereocenters. The van der Waals surface area contributed by atoms with E-state index in [4.69, 9.17) is 15.2 Å². The highest BCUT2D eigenvalue weighted by molar-refractivity contribution is 8.14. The third-order valence-corrected chi connectivity index (χ3v) is 5.97. The molecule has 0 amide bonds. The molecule has 0 bridgehead atoms. The van der Waals surface area contributed by atoms with Gasteiger partial charge in [0.1, 0.15) is 11.1 Å². The maximum Gasteiger partial charge on any atom is 0.327 e. The molecule has 138 valence electrons. The summed E-state index contributed by atoms with van der Waals surface area (Å²) in [6.45, 7) is 8.09. The molecular weight excluding hydrogens is 342 g/mol. The minimum Gasteiger partial charge on any atom is -0.466 e. The molecule has 8 heteroatoms. The molecule has 2 fully saturated rings. The summed E-state index contributed by atoms with van der Waals surface area (Å²) in [5.41, 5.74) is 4.71. The van der Waals surface area contributed by atoms with Crippen molar-refractivity contribution in [3.8, 4) is 0 Å².